The van der Waals surface area contributed by atoms with Crippen molar-refractivity contribution in [1.82, 2.24) is 0 Å². The van der Waals surface area contributed by atoms with Crippen LogP contribution in [0, 0.1) is 0 Å². The highest BCUT2D eigenvalue weighted by Gasteiger charge is 2.32. The lowest BCUT2D eigenvalue weighted by atomic mass is 9.89. The van der Waals surface area contributed by atoms with Crippen LogP contribution in [0.15, 0.2) is 30.5 Å². The van der Waals surface area contributed by atoms with Gasteiger partial charge in [-0.2, -0.15) is 4.57 Å². The zero-order chi connectivity index (χ0) is 18.0. The minimum atomic E-state index is 0.297. The van der Waals surface area contributed by atoms with E-state index in [0.29, 0.717) is 13.6 Å². The second-order valence-corrected chi connectivity index (χ2v) is 7.27. The average Bonchev–Trinajstić information content (AvgIpc) is 3.34. The standard InChI is InChI=1S/C22H20NO4/c1-2-3-15-14-4-5-18-22(27-12-24-18)17(14)10-23-7-6-13-8-19-20(26-11-25-19)9-16(13)21(15)23/h4-5,8-10H,2-3,6-7,11-12H2,1H3/q+1. The van der Waals surface area contributed by atoms with E-state index < -0.39 is 0 Å². The molecule has 3 aliphatic heterocycles. The number of ether oxygens (including phenoxy) is 4. The molecule has 0 amide bonds. The van der Waals surface area contributed by atoms with Crippen molar-refractivity contribution in [1.29, 1.82) is 0 Å². The monoisotopic (exact) mass is 362 g/mol. The number of nitrogens with zero attached hydrogens (tertiary/aromatic N) is 1. The largest absolute Gasteiger partial charge is 0.454 e. The molecule has 0 atom stereocenters. The highest BCUT2D eigenvalue weighted by Crippen LogP contribution is 2.44. The molecule has 0 N–H and O–H groups in total. The van der Waals surface area contributed by atoms with E-state index >= 15 is 0 Å². The maximum absolute atomic E-state index is 5.79. The van der Waals surface area contributed by atoms with Crippen LogP contribution in [0.5, 0.6) is 23.0 Å². The number of aromatic nitrogens is 1. The van der Waals surface area contributed by atoms with Gasteiger partial charge in [0.2, 0.25) is 19.3 Å². The van der Waals surface area contributed by atoms with Gasteiger partial charge in [-0.15, -0.1) is 0 Å². The van der Waals surface area contributed by atoms with Crippen molar-refractivity contribution in [3.05, 3.63) is 41.6 Å². The summed E-state index contributed by atoms with van der Waals surface area (Å²) in [5.41, 5.74) is 5.25. The summed E-state index contributed by atoms with van der Waals surface area (Å²) >= 11 is 0. The fourth-order valence-corrected chi connectivity index (χ4v) is 4.56. The minimum Gasteiger partial charge on any atom is -0.454 e. The number of benzene rings is 2. The van der Waals surface area contributed by atoms with Crippen molar-refractivity contribution in [2.75, 3.05) is 13.6 Å². The normalized spacial score (nSPS) is 15.7. The van der Waals surface area contributed by atoms with E-state index in [9.17, 15) is 0 Å². The Morgan fingerprint density at radius 1 is 0.926 bits per heavy atom. The molecule has 4 heterocycles. The SMILES string of the molecule is CCCc1c2[n+](cc3c4c(ccc13)OCO4)CCc1cc3c(cc1-2)OCO3. The second-order valence-electron chi connectivity index (χ2n) is 7.27. The molecule has 27 heavy (non-hydrogen) atoms. The summed E-state index contributed by atoms with van der Waals surface area (Å²) < 4.78 is 25.0. The van der Waals surface area contributed by atoms with Gasteiger partial charge in [0.25, 0.3) is 0 Å². The van der Waals surface area contributed by atoms with E-state index in [2.05, 4.69) is 35.9 Å². The highest BCUT2D eigenvalue weighted by atomic mass is 16.7. The summed E-state index contributed by atoms with van der Waals surface area (Å²) in [5, 5.41) is 2.39. The molecule has 136 valence electrons. The van der Waals surface area contributed by atoms with Gasteiger partial charge in [-0.25, -0.2) is 0 Å². The maximum Gasteiger partial charge on any atom is 0.231 e. The van der Waals surface area contributed by atoms with Crippen molar-refractivity contribution in [3.8, 4) is 34.3 Å². The topological polar surface area (TPSA) is 40.8 Å². The van der Waals surface area contributed by atoms with E-state index in [1.165, 1.54) is 27.8 Å². The summed E-state index contributed by atoms with van der Waals surface area (Å²) in [6.07, 6.45) is 5.30. The Morgan fingerprint density at radius 2 is 1.74 bits per heavy atom. The zero-order valence-corrected chi connectivity index (χ0v) is 15.2. The van der Waals surface area contributed by atoms with Crippen molar-refractivity contribution in [3.63, 3.8) is 0 Å². The molecule has 0 saturated heterocycles. The molecular formula is C22H20NO4+. The molecule has 6 rings (SSSR count). The predicted octanol–water partition coefficient (Wildman–Crippen LogP) is 3.76. The molecule has 0 aliphatic carbocycles. The summed E-state index contributed by atoms with van der Waals surface area (Å²) in [4.78, 5) is 0. The quantitative estimate of drug-likeness (QED) is 0.651. The lowest BCUT2D eigenvalue weighted by Crippen LogP contribution is -2.41. The van der Waals surface area contributed by atoms with Gasteiger partial charge in [0.05, 0.1) is 10.9 Å². The summed E-state index contributed by atoms with van der Waals surface area (Å²) in [6, 6.07) is 8.52. The van der Waals surface area contributed by atoms with Crippen LogP contribution in [0.4, 0.5) is 0 Å². The minimum absolute atomic E-state index is 0.297. The van der Waals surface area contributed by atoms with E-state index in [1.807, 2.05) is 6.07 Å². The Labute approximate surface area is 157 Å². The average molecular weight is 362 g/mol. The van der Waals surface area contributed by atoms with Gasteiger partial charge in [-0.3, -0.25) is 0 Å². The third-order valence-corrected chi connectivity index (χ3v) is 5.74. The van der Waals surface area contributed by atoms with Crippen LogP contribution < -0.4 is 23.5 Å². The Bertz CT molecular complexity index is 1110. The molecule has 2 aromatic carbocycles. The van der Waals surface area contributed by atoms with Crippen LogP contribution in [0.1, 0.15) is 24.5 Å². The molecule has 0 bridgehead atoms. The van der Waals surface area contributed by atoms with Gasteiger partial charge in [0.15, 0.2) is 35.7 Å². The third kappa shape index (κ3) is 2.08. The van der Waals surface area contributed by atoms with Crippen LogP contribution in [-0.4, -0.2) is 13.6 Å². The van der Waals surface area contributed by atoms with E-state index in [1.54, 1.807) is 0 Å². The Morgan fingerprint density at radius 3 is 2.63 bits per heavy atom. The van der Waals surface area contributed by atoms with Crippen LogP contribution in [0.25, 0.3) is 22.0 Å². The molecule has 5 heteroatoms. The highest BCUT2D eigenvalue weighted by molar-refractivity contribution is 5.95. The first kappa shape index (κ1) is 15.1. The van der Waals surface area contributed by atoms with E-state index in [4.69, 9.17) is 18.9 Å². The first-order valence-corrected chi connectivity index (χ1v) is 9.54. The van der Waals surface area contributed by atoms with Crippen molar-refractivity contribution in [2.45, 2.75) is 32.7 Å². The Kier molecular flexibility index (Phi) is 3.10. The first-order valence-electron chi connectivity index (χ1n) is 9.54. The first-order chi connectivity index (χ1) is 13.3. The summed E-state index contributed by atoms with van der Waals surface area (Å²) in [6.45, 7) is 3.78. The Hall–Kier alpha value is -2.95. The van der Waals surface area contributed by atoms with Crippen LogP contribution >= 0.6 is 0 Å². The van der Waals surface area contributed by atoms with Crippen molar-refractivity contribution < 1.29 is 23.5 Å². The molecule has 0 fully saturated rings. The summed E-state index contributed by atoms with van der Waals surface area (Å²) in [7, 11) is 0. The van der Waals surface area contributed by atoms with Gasteiger partial charge in [-0.05, 0) is 36.2 Å². The molecule has 0 unspecified atom stereocenters. The number of aryl methyl sites for hydroxylation is 3. The number of fused-ring (bicyclic) bond motifs is 7. The Balaban J connectivity index is 1.67. The van der Waals surface area contributed by atoms with E-state index in [0.717, 1.165) is 54.2 Å². The van der Waals surface area contributed by atoms with Crippen molar-refractivity contribution >= 4 is 10.8 Å². The second kappa shape index (κ2) is 5.52. The number of hydrogen-bond acceptors (Lipinski definition) is 4. The summed E-state index contributed by atoms with van der Waals surface area (Å²) in [5.74, 6) is 3.42. The predicted molar refractivity (Wildman–Crippen MR) is 99.5 cm³/mol. The molecule has 0 spiro atoms. The van der Waals surface area contributed by atoms with Gasteiger partial charge < -0.3 is 18.9 Å². The van der Waals surface area contributed by atoms with Gasteiger partial charge in [0.1, 0.15) is 0 Å². The van der Waals surface area contributed by atoms with Gasteiger partial charge in [0, 0.05) is 17.4 Å². The van der Waals surface area contributed by atoms with Crippen LogP contribution in [0.2, 0.25) is 0 Å². The molecule has 0 radical (unpaired) electrons. The third-order valence-electron chi connectivity index (χ3n) is 5.74. The van der Waals surface area contributed by atoms with Crippen LogP contribution in [0.3, 0.4) is 0 Å². The molecule has 3 aliphatic rings. The molecule has 3 aromatic rings. The maximum atomic E-state index is 5.79. The molecule has 1 aromatic heterocycles. The smallest absolute Gasteiger partial charge is 0.231 e. The van der Waals surface area contributed by atoms with Gasteiger partial charge >= 0.3 is 0 Å². The number of rotatable bonds is 2. The zero-order valence-electron chi connectivity index (χ0n) is 15.2. The fourth-order valence-electron chi connectivity index (χ4n) is 4.56. The van der Waals surface area contributed by atoms with E-state index in [-0.39, 0.29) is 0 Å². The number of pyridine rings is 1. The van der Waals surface area contributed by atoms with Gasteiger partial charge in [-0.1, -0.05) is 13.3 Å². The lowest BCUT2D eigenvalue weighted by molar-refractivity contribution is -0.686. The fraction of sp³-hybridized carbons (Fsp3) is 0.318. The molecule has 0 saturated carbocycles. The number of hydrogen-bond donors (Lipinski definition) is 0. The van der Waals surface area contributed by atoms with Crippen molar-refractivity contribution in [2.24, 2.45) is 0 Å². The molecular weight excluding hydrogens is 342 g/mol. The molecule has 5 nitrogen and oxygen atoms in total. The van der Waals surface area contributed by atoms with Crippen LogP contribution in [-0.2, 0) is 19.4 Å². The lowest BCUT2D eigenvalue weighted by Gasteiger charge is -2.20.